The zero-order valence-corrected chi connectivity index (χ0v) is 15.6. The number of amides is 1. The second kappa shape index (κ2) is 7.90. The molecule has 29 heavy (non-hydrogen) atoms. The van der Waals surface area contributed by atoms with E-state index in [4.69, 9.17) is 4.74 Å². The minimum Gasteiger partial charge on any atom is -0.493 e. The largest absolute Gasteiger partial charge is 0.493 e. The minimum absolute atomic E-state index is 0.0495. The number of methoxy groups -OCH3 is 1. The lowest BCUT2D eigenvalue weighted by atomic mass is 9.87. The van der Waals surface area contributed by atoms with Gasteiger partial charge in [0.25, 0.3) is 0 Å². The number of hydrogen-bond donors (Lipinski definition) is 1. The van der Waals surface area contributed by atoms with Crippen LogP contribution in [0.4, 0.5) is 14.6 Å². The Labute approximate surface area is 166 Å². The Morgan fingerprint density at radius 1 is 1.21 bits per heavy atom. The highest BCUT2D eigenvalue weighted by molar-refractivity contribution is 5.94. The predicted octanol–water partition coefficient (Wildman–Crippen LogP) is 4.02. The summed E-state index contributed by atoms with van der Waals surface area (Å²) in [5, 5.41) is 7.35. The van der Waals surface area contributed by atoms with E-state index in [-0.39, 0.29) is 29.7 Å². The Morgan fingerprint density at radius 2 is 2.00 bits per heavy atom. The fourth-order valence-electron chi connectivity index (χ4n) is 3.54. The average molecular weight is 399 g/mol. The lowest BCUT2D eigenvalue weighted by Gasteiger charge is -2.24. The van der Waals surface area contributed by atoms with Crippen LogP contribution in [0.5, 0.6) is 11.5 Å². The van der Waals surface area contributed by atoms with Crippen LogP contribution < -0.4 is 14.8 Å². The molecule has 1 aromatic heterocycles. The van der Waals surface area contributed by atoms with Gasteiger partial charge in [0.15, 0.2) is 11.5 Å². The molecule has 8 heteroatoms. The third-order valence-corrected chi connectivity index (χ3v) is 4.87. The van der Waals surface area contributed by atoms with Crippen LogP contribution in [0.3, 0.4) is 0 Å². The Bertz CT molecular complexity index is 1020. The fourth-order valence-corrected chi connectivity index (χ4v) is 3.54. The highest BCUT2D eigenvalue weighted by Crippen LogP contribution is 2.40. The van der Waals surface area contributed by atoms with Crippen LogP contribution in [-0.2, 0) is 11.3 Å². The van der Waals surface area contributed by atoms with Crippen LogP contribution in [0.2, 0.25) is 0 Å². The number of halogens is 2. The quantitative estimate of drug-likeness (QED) is 0.680. The van der Waals surface area contributed by atoms with Gasteiger partial charge in [0, 0.05) is 17.9 Å². The van der Waals surface area contributed by atoms with Gasteiger partial charge in [0.05, 0.1) is 19.9 Å². The molecule has 1 amide bonds. The van der Waals surface area contributed by atoms with E-state index in [0.29, 0.717) is 12.4 Å². The maximum absolute atomic E-state index is 12.6. The summed E-state index contributed by atoms with van der Waals surface area (Å²) in [5.41, 5.74) is 2.69. The molecule has 0 saturated heterocycles. The van der Waals surface area contributed by atoms with Crippen LogP contribution in [0.25, 0.3) is 0 Å². The fraction of sp³-hybridized carbons (Fsp3) is 0.238. The van der Waals surface area contributed by atoms with Crippen molar-refractivity contribution in [3.05, 3.63) is 71.4 Å². The average Bonchev–Trinajstić information content (AvgIpc) is 3.10. The molecule has 0 saturated carbocycles. The maximum Gasteiger partial charge on any atom is 0.387 e. The number of ether oxygens (including phenoxy) is 2. The van der Waals surface area contributed by atoms with Crippen molar-refractivity contribution >= 4 is 11.7 Å². The van der Waals surface area contributed by atoms with Gasteiger partial charge in [0.1, 0.15) is 5.82 Å². The number of nitrogens with one attached hydrogen (secondary N) is 1. The normalized spacial score (nSPS) is 15.7. The van der Waals surface area contributed by atoms with Gasteiger partial charge in [-0.05, 0) is 23.3 Å². The molecule has 2 heterocycles. The number of hydrogen-bond acceptors (Lipinski definition) is 4. The summed E-state index contributed by atoms with van der Waals surface area (Å²) >= 11 is 0. The second-order valence-electron chi connectivity index (χ2n) is 6.69. The van der Waals surface area contributed by atoms with Gasteiger partial charge in [0.2, 0.25) is 5.91 Å². The SMILES string of the molecule is COc1cc([C@@H]2CC(=O)Nc3c2cnn3Cc2ccccc2)ccc1OC(F)F. The van der Waals surface area contributed by atoms with Gasteiger partial charge in [-0.2, -0.15) is 13.9 Å². The monoisotopic (exact) mass is 399 g/mol. The van der Waals surface area contributed by atoms with Crippen molar-refractivity contribution in [1.29, 1.82) is 0 Å². The van der Waals surface area contributed by atoms with Crippen molar-refractivity contribution in [3.63, 3.8) is 0 Å². The van der Waals surface area contributed by atoms with Crippen molar-refractivity contribution in [2.24, 2.45) is 0 Å². The third-order valence-electron chi connectivity index (χ3n) is 4.87. The number of benzene rings is 2. The zero-order valence-electron chi connectivity index (χ0n) is 15.6. The van der Waals surface area contributed by atoms with Crippen molar-refractivity contribution < 1.29 is 23.0 Å². The summed E-state index contributed by atoms with van der Waals surface area (Å²) in [4.78, 5) is 12.4. The molecule has 1 N–H and O–H groups in total. The first-order valence-corrected chi connectivity index (χ1v) is 9.07. The third kappa shape index (κ3) is 3.91. The molecule has 0 bridgehead atoms. The smallest absolute Gasteiger partial charge is 0.387 e. The summed E-state index contributed by atoms with van der Waals surface area (Å²) < 4.78 is 36.6. The highest BCUT2D eigenvalue weighted by Gasteiger charge is 2.30. The zero-order chi connectivity index (χ0) is 20.4. The van der Waals surface area contributed by atoms with Gasteiger partial charge in [-0.1, -0.05) is 36.4 Å². The number of carbonyl (C=O) groups excluding carboxylic acids is 1. The van der Waals surface area contributed by atoms with E-state index in [1.807, 2.05) is 30.3 Å². The van der Waals surface area contributed by atoms with Crippen LogP contribution in [-0.4, -0.2) is 29.4 Å². The van der Waals surface area contributed by atoms with Crippen LogP contribution in [0.15, 0.2) is 54.7 Å². The Hall–Kier alpha value is -3.42. The van der Waals surface area contributed by atoms with Gasteiger partial charge >= 0.3 is 6.61 Å². The molecule has 0 unspecified atom stereocenters. The number of rotatable bonds is 6. The first-order chi connectivity index (χ1) is 14.0. The predicted molar refractivity (Wildman–Crippen MR) is 102 cm³/mol. The summed E-state index contributed by atoms with van der Waals surface area (Å²) in [5.74, 6) is 0.377. The Kier molecular flexibility index (Phi) is 5.16. The molecule has 4 rings (SSSR count). The van der Waals surface area contributed by atoms with Gasteiger partial charge in [-0.3, -0.25) is 4.79 Å². The van der Waals surface area contributed by atoms with E-state index < -0.39 is 6.61 Å². The number of aromatic nitrogens is 2. The molecule has 0 radical (unpaired) electrons. The van der Waals surface area contributed by atoms with Crippen molar-refractivity contribution in [1.82, 2.24) is 9.78 Å². The van der Waals surface area contributed by atoms with E-state index in [9.17, 15) is 13.6 Å². The molecule has 0 fully saturated rings. The second-order valence-corrected chi connectivity index (χ2v) is 6.69. The summed E-state index contributed by atoms with van der Waals surface area (Å²) in [6.07, 6.45) is 1.96. The van der Waals surface area contributed by atoms with E-state index >= 15 is 0 Å². The molecule has 2 aromatic carbocycles. The molecule has 6 nitrogen and oxygen atoms in total. The van der Waals surface area contributed by atoms with E-state index in [1.54, 1.807) is 23.0 Å². The molecule has 3 aromatic rings. The number of anilines is 1. The van der Waals surface area contributed by atoms with Crippen molar-refractivity contribution in [2.75, 3.05) is 12.4 Å². The highest BCUT2D eigenvalue weighted by atomic mass is 19.3. The van der Waals surface area contributed by atoms with Gasteiger partial charge < -0.3 is 14.8 Å². The molecular formula is C21H19F2N3O3. The number of nitrogens with zero attached hydrogens (tertiary/aromatic N) is 2. The molecule has 1 atom stereocenters. The molecular weight excluding hydrogens is 380 g/mol. The lowest BCUT2D eigenvalue weighted by Crippen LogP contribution is -2.25. The number of alkyl halides is 2. The minimum atomic E-state index is -2.95. The molecule has 150 valence electrons. The van der Waals surface area contributed by atoms with Gasteiger partial charge in [-0.15, -0.1) is 0 Å². The van der Waals surface area contributed by atoms with Crippen molar-refractivity contribution in [3.8, 4) is 11.5 Å². The number of fused-ring (bicyclic) bond motifs is 1. The Morgan fingerprint density at radius 3 is 2.72 bits per heavy atom. The molecule has 0 aliphatic carbocycles. The first-order valence-electron chi connectivity index (χ1n) is 9.07. The summed E-state index contributed by atoms with van der Waals surface area (Å²) in [6, 6.07) is 14.5. The lowest BCUT2D eigenvalue weighted by molar-refractivity contribution is -0.116. The summed E-state index contributed by atoms with van der Waals surface area (Å²) in [7, 11) is 1.38. The van der Waals surface area contributed by atoms with E-state index in [1.165, 1.54) is 13.2 Å². The van der Waals surface area contributed by atoms with Gasteiger partial charge in [-0.25, -0.2) is 4.68 Å². The Balaban J connectivity index is 1.68. The maximum atomic E-state index is 12.6. The van der Waals surface area contributed by atoms with Crippen molar-refractivity contribution in [2.45, 2.75) is 25.5 Å². The van der Waals surface area contributed by atoms with E-state index in [2.05, 4.69) is 15.2 Å². The van der Waals surface area contributed by atoms with Crippen LogP contribution >= 0.6 is 0 Å². The molecule has 0 spiro atoms. The standard InChI is InChI=1S/C21H19F2N3O3/c1-28-18-9-14(7-8-17(18)29-21(22)23)15-10-19(27)25-20-16(15)11-24-26(20)12-13-5-3-2-4-6-13/h2-9,11,15,21H,10,12H2,1H3,(H,25,27)/t15-/m0/s1. The van der Waals surface area contributed by atoms with Crippen LogP contribution in [0, 0.1) is 0 Å². The topological polar surface area (TPSA) is 65.4 Å². The molecule has 1 aliphatic rings. The van der Waals surface area contributed by atoms with Crippen LogP contribution in [0.1, 0.15) is 29.0 Å². The molecule has 1 aliphatic heterocycles. The van der Waals surface area contributed by atoms with E-state index in [0.717, 1.165) is 16.7 Å². The number of carbonyl (C=O) groups is 1. The summed E-state index contributed by atoms with van der Waals surface area (Å²) in [6.45, 7) is -2.42. The first kappa shape index (κ1) is 18.9.